The Morgan fingerprint density at radius 3 is 1.75 bits per heavy atom. The van der Waals surface area contributed by atoms with Gasteiger partial charge in [-0.05, 0) is 13.1 Å². The van der Waals surface area contributed by atoms with Crippen LogP contribution in [-0.2, 0) is 0 Å². The first kappa shape index (κ1) is 9.14. The molecule has 0 amide bonds. The van der Waals surface area contributed by atoms with E-state index in [-0.39, 0.29) is 0 Å². The second kappa shape index (κ2) is 4.03. The lowest BCUT2D eigenvalue weighted by molar-refractivity contribution is 0.447. The second-order valence-electron chi connectivity index (χ2n) is 2.04. The van der Waals surface area contributed by atoms with E-state index in [1.54, 1.807) is 0 Å². The van der Waals surface area contributed by atoms with Gasteiger partial charge in [0.25, 0.3) is 6.20 Å². The highest BCUT2D eigenvalue weighted by atomic mass is 79.9. The minimum Gasteiger partial charge on any atom is -0.310 e. The fourth-order valence-corrected chi connectivity index (χ4v) is 3.51. The average molecular weight is 261 g/mol. The maximum atomic E-state index is 3.52. The third-order valence-electron chi connectivity index (χ3n) is 1.12. The van der Waals surface area contributed by atoms with Crippen molar-refractivity contribution in [2.45, 2.75) is 19.9 Å². The predicted octanol–water partition coefficient (Wildman–Crippen LogP) is 1.83. The van der Waals surface area contributed by atoms with Crippen LogP contribution in [0.1, 0.15) is 13.8 Å². The summed E-state index contributed by atoms with van der Waals surface area (Å²) in [7, 11) is 2.12. The first-order valence-corrected chi connectivity index (χ1v) is 9.44. The Morgan fingerprint density at radius 1 is 1.38 bits per heavy atom. The summed E-state index contributed by atoms with van der Waals surface area (Å²) in [6, 6.07) is 0.644. The Kier molecular flexibility index (Phi) is 4.61. The van der Waals surface area contributed by atoms with Crippen molar-refractivity contribution in [3.8, 4) is 0 Å². The van der Waals surface area contributed by atoms with E-state index in [1.807, 2.05) is 0 Å². The van der Waals surface area contributed by atoms with Gasteiger partial charge in [0.1, 0.15) is 0 Å². The summed E-state index contributed by atoms with van der Waals surface area (Å²) in [6.07, 6.45) is -0.864. The molecule has 0 spiro atoms. The Balaban J connectivity index is 3.46. The fraction of sp³-hybridized carbons (Fsp3) is 1.00. The molecule has 0 aliphatic heterocycles. The molecule has 1 nitrogen and oxygen atoms in total. The van der Waals surface area contributed by atoms with E-state index >= 15 is 0 Å². The van der Waals surface area contributed by atoms with Crippen LogP contribution in [0, 0.1) is 0 Å². The van der Waals surface area contributed by atoms with Gasteiger partial charge >= 0.3 is 0 Å². The molecule has 0 aromatic rings. The van der Waals surface area contributed by atoms with Crippen molar-refractivity contribution in [1.29, 1.82) is 0 Å². The summed E-state index contributed by atoms with van der Waals surface area (Å²) in [5.41, 5.74) is 0. The standard InChI is InChI=1S/C4H11Br2NSi/c1-4(2)7(3)8(5)6/h4,8H,1-3H3. The first-order chi connectivity index (χ1) is 3.55. The quantitative estimate of drug-likeness (QED) is 0.541. The van der Waals surface area contributed by atoms with Crippen LogP contribution in [0.25, 0.3) is 0 Å². The fourth-order valence-electron chi connectivity index (χ4n) is 0.225. The summed E-state index contributed by atoms with van der Waals surface area (Å²) in [6.45, 7) is 4.37. The number of rotatable bonds is 2. The minimum absolute atomic E-state index is 0.644. The van der Waals surface area contributed by atoms with Gasteiger partial charge in [-0.3, -0.25) is 0 Å². The molecule has 0 fully saturated rings. The van der Waals surface area contributed by atoms with Crippen molar-refractivity contribution < 1.29 is 0 Å². The first-order valence-electron chi connectivity index (χ1n) is 2.55. The lowest BCUT2D eigenvalue weighted by atomic mass is 10.4. The molecule has 0 unspecified atom stereocenters. The normalized spacial score (nSPS) is 12.0. The van der Waals surface area contributed by atoms with E-state index in [1.165, 1.54) is 0 Å². The molecule has 0 radical (unpaired) electrons. The average Bonchev–Trinajstić information content (AvgIpc) is 1.64. The maximum absolute atomic E-state index is 3.52. The third-order valence-corrected chi connectivity index (χ3v) is 6.21. The van der Waals surface area contributed by atoms with Crippen LogP contribution in [0.3, 0.4) is 0 Å². The molecule has 4 heteroatoms. The zero-order valence-electron chi connectivity index (χ0n) is 5.36. The van der Waals surface area contributed by atoms with Crippen LogP contribution in [0.4, 0.5) is 0 Å². The van der Waals surface area contributed by atoms with E-state index < -0.39 is 6.20 Å². The molecule has 0 aromatic carbocycles. The van der Waals surface area contributed by atoms with Crippen LogP contribution >= 0.6 is 30.6 Å². The summed E-state index contributed by atoms with van der Waals surface area (Å²) < 4.78 is 2.31. The number of hydrogen-bond acceptors (Lipinski definition) is 1. The van der Waals surface area contributed by atoms with Crippen molar-refractivity contribution >= 4 is 36.8 Å². The molecule has 0 aromatic heterocycles. The molecule has 50 valence electrons. The van der Waals surface area contributed by atoms with Crippen LogP contribution < -0.4 is 0 Å². The number of hydrogen-bond donors (Lipinski definition) is 0. The predicted molar refractivity (Wildman–Crippen MR) is 47.9 cm³/mol. The molecule has 0 saturated heterocycles. The highest BCUT2D eigenvalue weighted by Gasteiger charge is 2.10. The second-order valence-corrected chi connectivity index (χ2v) is 12.3. The monoisotopic (exact) mass is 259 g/mol. The molecule has 0 aliphatic carbocycles. The van der Waals surface area contributed by atoms with E-state index in [4.69, 9.17) is 0 Å². The van der Waals surface area contributed by atoms with Gasteiger partial charge in [-0.1, -0.05) is 44.4 Å². The van der Waals surface area contributed by atoms with E-state index in [9.17, 15) is 0 Å². The molecular formula is C4H11Br2NSi. The van der Waals surface area contributed by atoms with Gasteiger partial charge < -0.3 is 4.57 Å². The highest BCUT2D eigenvalue weighted by Crippen LogP contribution is 2.09. The summed E-state index contributed by atoms with van der Waals surface area (Å²) in [5, 5.41) is 0. The van der Waals surface area contributed by atoms with Crippen LogP contribution in [0.2, 0.25) is 0 Å². The topological polar surface area (TPSA) is 3.24 Å². The highest BCUT2D eigenvalue weighted by molar-refractivity contribution is 9.48. The smallest absolute Gasteiger partial charge is 0.257 e. The number of nitrogens with zero attached hydrogens (tertiary/aromatic N) is 1. The van der Waals surface area contributed by atoms with Crippen molar-refractivity contribution in [3.63, 3.8) is 0 Å². The summed E-state index contributed by atoms with van der Waals surface area (Å²) >= 11 is 7.04. The zero-order valence-corrected chi connectivity index (χ0v) is 9.68. The van der Waals surface area contributed by atoms with Gasteiger partial charge in [-0.25, -0.2) is 0 Å². The molecular weight excluding hydrogens is 250 g/mol. The summed E-state index contributed by atoms with van der Waals surface area (Å²) in [4.78, 5) is 0. The molecule has 0 rings (SSSR count). The third kappa shape index (κ3) is 3.22. The molecule has 0 heterocycles. The Hall–Kier alpha value is 1.14. The van der Waals surface area contributed by atoms with Crippen molar-refractivity contribution in [2.24, 2.45) is 0 Å². The van der Waals surface area contributed by atoms with Gasteiger partial charge in [0.2, 0.25) is 0 Å². The Morgan fingerprint density at radius 2 is 1.75 bits per heavy atom. The molecule has 0 aliphatic rings. The van der Waals surface area contributed by atoms with E-state index in [0.717, 1.165) is 0 Å². The van der Waals surface area contributed by atoms with Gasteiger partial charge in [0.15, 0.2) is 0 Å². The number of halogens is 2. The molecule has 0 saturated carbocycles. The SMILES string of the molecule is CC(C)N(C)[SiH](Br)Br. The van der Waals surface area contributed by atoms with Gasteiger partial charge in [0.05, 0.1) is 0 Å². The van der Waals surface area contributed by atoms with Crippen molar-refractivity contribution in [2.75, 3.05) is 7.05 Å². The molecule has 0 atom stereocenters. The molecule has 0 bridgehead atoms. The molecule has 8 heavy (non-hydrogen) atoms. The van der Waals surface area contributed by atoms with Crippen LogP contribution in [0.15, 0.2) is 0 Å². The van der Waals surface area contributed by atoms with Crippen LogP contribution in [-0.4, -0.2) is 23.9 Å². The maximum Gasteiger partial charge on any atom is 0.257 e. The summed E-state index contributed by atoms with van der Waals surface area (Å²) in [5.74, 6) is 0. The molecule has 0 N–H and O–H groups in total. The van der Waals surface area contributed by atoms with Crippen molar-refractivity contribution in [1.82, 2.24) is 4.57 Å². The Labute approximate surface area is 68.3 Å². The van der Waals surface area contributed by atoms with Gasteiger partial charge in [0, 0.05) is 0 Å². The van der Waals surface area contributed by atoms with Gasteiger partial charge in [-0.15, -0.1) is 0 Å². The van der Waals surface area contributed by atoms with E-state index in [2.05, 4.69) is 56.0 Å². The van der Waals surface area contributed by atoms with Crippen molar-refractivity contribution in [3.05, 3.63) is 0 Å². The zero-order chi connectivity index (χ0) is 6.73. The lowest BCUT2D eigenvalue weighted by Gasteiger charge is -2.21. The Bertz CT molecular complexity index is 59.1. The largest absolute Gasteiger partial charge is 0.310 e. The lowest BCUT2D eigenvalue weighted by Crippen LogP contribution is -2.32. The minimum atomic E-state index is -0.864. The van der Waals surface area contributed by atoms with Gasteiger partial charge in [-0.2, -0.15) is 0 Å². The van der Waals surface area contributed by atoms with E-state index in [0.29, 0.717) is 6.04 Å². The van der Waals surface area contributed by atoms with Crippen LogP contribution in [0.5, 0.6) is 0 Å².